The molecule has 0 bridgehead atoms. The smallest absolute Gasteiger partial charge is 0.0325 e. The monoisotopic (exact) mass is 246 g/mol. The van der Waals surface area contributed by atoms with E-state index in [2.05, 4.69) is 31.9 Å². The normalized spacial score (nSPS) is 49.3. The largest absolute Gasteiger partial charge is 0.126 e. The Morgan fingerprint density at radius 3 is 1.71 bits per heavy atom. The Kier molecular flexibility index (Phi) is 2.04. The zero-order chi connectivity index (χ0) is 5.44. The lowest BCUT2D eigenvalue weighted by Gasteiger charge is -1.76. The van der Waals surface area contributed by atoms with E-state index in [0.29, 0.717) is 15.6 Å². The lowest BCUT2D eigenvalue weighted by atomic mass is 10.5. The predicted molar refractivity (Wildman–Crippen MR) is 39.6 cm³/mol. The van der Waals surface area contributed by atoms with Gasteiger partial charge in [0.1, 0.15) is 0 Å². The molecule has 0 aromatic rings. The van der Waals surface area contributed by atoms with Crippen molar-refractivity contribution in [2.75, 3.05) is 5.88 Å². The highest BCUT2D eigenvalue weighted by Crippen LogP contribution is 2.44. The molecule has 0 heterocycles. The molecule has 0 aromatic heterocycles. The fourth-order valence-corrected chi connectivity index (χ4v) is 3.15. The number of alkyl halides is 3. The van der Waals surface area contributed by atoms with E-state index in [1.165, 1.54) is 0 Å². The van der Waals surface area contributed by atoms with Crippen LogP contribution in [0.4, 0.5) is 0 Å². The zero-order valence-corrected chi connectivity index (χ0v) is 7.50. The van der Waals surface area contributed by atoms with Gasteiger partial charge in [-0.1, -0.05) is 31.9 Å². The summed E-state index contributed by atoms with van der Waals surface area (Å²) in [5.74, 6) is 1.44. The first-order valence-corrected chi connectivity index (χ1v) is 4.48. The molecule has 3 heteroatoms. The number of halogens is 3. The summed E-state index contributed by atoms with van der Waals surface area (Å²) < 4.78 is 0. The molecule has 0 radical (unpaired) electrons. The van der Waals surface area contributed by atoms with Crippen LogP contribution in [0.1, 0.15) is 0 Å². The van der Waals surface area contributed by atoms with Gasteiger partial charge in [0.05, 0.1) is 0 Å². The van der Waals surface area contributed by atoms with E-state index in [9.17, 15) is 0 Å². The highest BCUT2D eigenvalue weighted by Gasteiger charge is 2.45. The Balaban J connectivity index is 2.24. The summed E-state index contributed by atoms with van der Waals surface area (Å²) in [6, 6.07) is 0. The highest BCUT2D eigenvalue weighted by atomic mass is 79.9. The van der Waals surface area contributed by atoms with Crippen molar-refractivity contribution in [3.8, 4) is 0 Å². The minimum Gasteiger partial charge on any atom is -0.126 e. The van der Waals surface area contributed by atoms with Crippen LogP contribution in [0.2, 0.25) is 0 Å². The third kappa shape index (κ3) is 1.14. The molecule has 42 valence electrons. The van der Waals surface area contributed by atoms with Crippen LogP contribution in [0.5, 0.6) is 0 Å². The van der Waals surface area contributed by atoms with Crippen molar-refractivity contribution >= 4 is 43.5 Å². The molecule has 1 fully saturated rings. The zero-order valence-electron chi connectivity index (χ0n) is 3.57. The fourth-order valence-electron chi connectivity index (χ4n) is 0.463. The summed E-state index contributed by atoms with van der Waals surface area (Å²) in [5.41, 5.74) is 0. The van der Waals surface area contributed by atoms with Gasteiger partial charge in [-0.15, -0.1) is 11.6 Å². The average Bonchev–Trinajstić information content (AvgIpc) is 2.17. The van der Waals surface area contributed by atoms with Crippen molar-refractivity contribution in [2.45, 2.75) is 9.65 Å². The summed E-state index contributed by atoms with van der Waals surface area (Å²) in [4.78, 5) is 1.26. The topological polar surface area (TPSA) is 0 Å². The van der Waals surface area contributed by atoms with E-state index in [1.807, 2.05) is 0 Å². The summed E-state index contributed by atoms with van der Waals surface area (Å²) >= 11 is 12.4. The van der Waals surface area contributed by atoms with Crippen LogP contribution in [-0.4, -0.2) is 15.5 Å². The molecule has 0 aliphatic heterocycles. The van der Waals surface area contributed by atoms with Crippen molar-refractivity contribution < 1.29 is 0 Å². The van der Waals surface area contributed by atoms with Crippen LogP contribution in [0.3, 0.4) is 0 Å². The Hall–Kier alpha value is 1.25. The van der Waals surface area contributed by atoms with Gasteiger partial charge in [0.15, 0.2) is 0 Å². The van der Waals surface area contributed by atoms with Gasteiger partial charge in [-0.3, -0.25) is 0 Å². The maximum Gasteiger partial charge on any atom is 0.0325 e. The fraction of sp³-hybridized carbons (Fsp3) is 1.00. The minimum atomic E-state index is 0.630. The number of rotatable bonds is 1. The Morgan fingerprint density at radius 1 is 1.29 bits per heavy atom. The number of hydrogen-bond acceptors (Lipinski definition) is 0. The van der Waals surface area contributed by atoms with Gasteiger partial charge in [0.25, 0.3) is 0 Å². The molecule has 0 saturated heterocycles. The van der Waals surface area contributed by atoms with Gasteiger partial charge in [0.2, 0.25) is 0 Å². The van der Waals surface area contributed by atoms with E-state index in [0.717, 1.165) is 5.88 Å². The van der Waals surface area contributed by atoms with Gasteiger partial charge in [-0.25, -0.2) is 0 Å². The molecular weight excluding hydrogens is 243 g/mol. The van der Waals surface area contributed by atoms with Crippen molar-refractivity contribution in [1.29, 1.82) is 0 Å². The van der Waals surface area contributed by atoms with E-state index >= 15 is 0 Å². The van der Waals surface area contributed by atoms with Crippen LogP contribution in [-0.2, 0) is 0 Å². The summed E-state index contributed by atoms with van der Waals surface area (Å²) in [5, 5.41) is 0. The molecule has 0 amide bonds. The third-order valence-corrected chi connectivity index (χ3v) is 4.72. The molecular formula is C4H5Br2Cl. The second-order valence-electron chi connectivity index (χ2n) is 1.71. The van der Waals surface area contributed by atoms with Crippen LogP contribution < -0.4 is 0 Å². The molecule has 1 rings (SSSR count). The maximum atomic E-state index is 5.53. The third-order valence-electron chi connectivity index (χ3n) is 1.16. The standard InChI is InChI=1S/C4H5Br2Cl/c5-3-2(1-7)4(3)6/h2-4H,1H2. The van der Waals surface area contributed by atoms with Gasteiger partial charge < -0.3 is 0 Å². The minimum absolute atomic E-state index is 0.630. The second kappa shape index (κ2) is 2.24. The summed E-state index contributed by atoms with van der Waals surface area (Å²) in [7, 11) is 0. The first-order valence-electron chi connectivity index (χ1n) is 2.11. The molecule has 1 saturated carbocycles. The Bertz CT molecular complexity index is 68.1. The van der Waals surface area contributed by atoms with Crippen LogP contribution >= 0.6 is 43.5 Å². The molecule has 1 aliphatic carbocycles. The van der Waals surface area contributed by atoms with Crippen molar-refractivity contribution in [3.05, 3.63) is 0 Å². The van der Waals surface area contributed by atoms with Crippen molar-refractivity contribution in [3.63, 3.8) is 0 Å². The maximum absolute atomic E-state index is 5.53. The second-order valence-corrected chi connectivity index (χ2v) is 4.13. The van der Waals surface area contributed by atoms with E-state index in [1.54, 1.807) is 0 Å². The number of hydrogen-bond donors (Lipinski definition) is 0. The highest BCUT2D eigenvalue weighted by molar-refractivity contribution is 9.13. The summed E-state index contributed by atoms with van der Waals surface area (Å²) in [6.07, 6.45) is 0. The molecule has 1 aliphatic rings. The first kappa shape index (κ1) is 6.37. The molecule has 7 heavy (non-hydrogen) atoms. The van der Waals surface area contributed by atoms with E-state index < -0.39 is 0 Å². The first-order chi connectivity index (χ1) is 3.27. The van der Waals surface area contributed by atoms with E-state index in [-0.39, 0.29) is 0 Å². The average molecular weight is 248 g/mol. The van der Waals surface area contributed by atoms with Gasteiger partial charge in [-0.05, 0) is 5.92 Å². The van der Waals surface area contributed by atoms with E-state index in [4.69, 9.17) is 11.6 Å². The van der Waals surface area contributed by atoms with Gasteiger partial charge in [-0.2, -0.15) is 0 Å². The molecule has 2 unspecified atom stereocenters. The van der Waals surface area contributed by atoms with Gasteiger partial charge in [0, 0.05) is 15.5 Å². The SMILES string of the molecule is ClCC1C(Br)C1Br. The van der Waals surface area contributed by atoms with Crippen LogP contribution in [0, 0.1) is 5.92 Å². The molecule has 0 nitrogen and oxygen atoms in total. The molecule has 0 aromatic carbocycles. The quantitative estimate of drug-likeness (QED) is 0.625. The van der Waals surface area contributed by atoms with Crippen LogP contribution in [0.15, 0.2) is 0 Å². The Morgan fingerprint density at radius 2 is 1.71 bits per heavy atom. The lowest BCUT2D eigenvalue weighted by molar-refractivity contribution is 1.01. The van der Waals surface area contributed by atoms with Crippen LogP contribution in [0.25, 0.3) is 0 Å². The lowest BCUT2D eigenvalue weighted by Crippen LogP contribution is -1.77. The van der Waals surface area contributed by atoms with Crippen molar-refractivity contribution in [2.24, 2.45) is 5.92 Å². The molecule has 0 spiro atoms. The Labute approximate surface area is 64.9 Å². The molecule has 2 atom stereocenters. The molecule has 0 N–H and O–H groups in total. The summed E-state index contributed by atoms with van der Waals surface area (Å²) in [6.45, 7) is 0. The van der Waals surface area contributed by atoms with Crippen molar-refractivity contribution in [1.82, 2.24) is 0 Å². The predicted octanol–water partition coefficient (Wildman–Crippen LogP) is 2.38. The van der Waals surface area contributed by atoms with Gasteiger partial charge >= 0.3 is 0 Å².